The number of aryl methyl sites for hydroxylation is 2. The lowest BCUT2D eigenvalue weighted by Crippen LogP contribution is -2.11. The van der Waals surface area contributed by atoms with Gasteiger partial charge in [0, 0.05) is 13.2 Å². The number of aromatic nitrogens is 3. The van der Waals surface area contributed by atoms with Crippen LogP contribution < -0.4 is 4.74 Å². The van der Waals surface area contributed by atoms with Crippen LogP contribution in [0.2, 0.25) is 0 Å². The van der Waals surface area contributed by atoms with Crippen molar-refractivity contribution < 1.29 is 23.4 Å². The summed E-state index contributed by atoms with van der Waals surface area (Å²) in [6.07, 6.45) is -1.62. The summed E-state index contributed by atoms with van der Waals surface area (Å²) in [6, 6.07) is 0. The summed E-state index contributed by atoms with van der Waals surface area (Å²) < 4.78 is 30.9. The Bertz CT molecular complexity index is 640. The Balaban J connectivity index is 2.65. The van der Waals surface area contributed by atoms with Gasteiger partial charge in [0.1, 0.15) is 17.9 Å². The molecular weight excluding hydrogens is 260 g/mol. The number of rotatable bonds is 4. The first-order valence-electron chi connectivity index (χ1n) is 5.38. The van der Waals surface area contributed by atoms with E-state index >= 15 is 0 Å². The normalized spacial score (nSPS) is 11.2. The lowest BCUT2D eigenvalue weighted by Gasteiger charge is -2.10. The average Bonchev–Trinajstić information content (AvgIpc) is 2.62. The second-order valence-corrected chi connectivity index (χ2v) is 3.92. The Labute approximate surface area is 106 Å². The maximum absolute atomic E-state index is 12.3. The molecule has 102 valence electrons. The van der Waals surface area contributed by atoms with Crippen molar-refractivity contribution in [1.82, 2.24) is 14.8 Å². The third kappa shape index (κ3) is 2.33. The molecule has 0 amide bonds. The number of hydrogen-bond acceptors (Lipinski definition) is 4. The molecule has 19 heavy (non-hydrogen) atoms. The molecule has 0 spiro atoms. The molecule has 0 unspecified atom stereocenters. The van der Waals surface area contributed by atoms with Crippen molar-refractivity contribution in [2.45, 2.75) is 13.3 Å². The van der Waals surface area contributed by atoms with E-state index in [2.05, 4.69) is 10.1 Å². The highest BCUT2D eigenvalue weighted by atomic mass is 19.3. The summed E-state index contributed by atoms with van der Waals surface area (Å²) in [5, 5.41) is 13.5. The van der Waals surface area contributed by atoms with Gasteiger partial charge in [-0.2, -0.15) is 5.10 Å². The second kappa shape index (κ2) is 4.79. The smallest absolute Gasteiger partial charge is 0.341 e. The molecule has 2 rings (SSSR count). The number of nitrogens with zero attached hydrogens (tertiary/aromatic N) is 3. The molecule has 0 atom stereocenters. The molecule has 0 bridgehead atoms. The lowest BCUT2D eigenvalue weighted by atomic mass is 10.2. The van der Waals surface area contributed by atoms with Gasteiger partial charge in [0.2, 0.25) is 0 Å². The molecular formula is C11H11F2N3O3. The molecule has 2 aromatic heterocycles. The van der Waals surface area contributed by atoms with Crippen molar-refractivity contribution in [3.8, 4) is 5.75 Å². The zero-order chi connectivity index (χ0) is 14.2. The highest BCUT2D eigenvalue weighted by Gasteiger charge is 2.21. The van der Waals surface area contributed by atoms with Crippen LogP contribution in [0.1, 0.15) is 16.1 Å². The van der Waals surface area contributed by atoms with Gasteiger partial charge in [-0.3, -0.25) is 4.68 Å². The molecule has 8 heteroatoms. The first-order chi connectivity index (χ1) is 8.91. The maximum Gasteiger partial charge on any atom is 0.341 e. The number of carbonyl (C=O) groups is 1. The van der Waals surface area contributed by atoms with Gasteiger partial charge in [-0.05, 0) is 6.92 Å². The lowest BCUT2D eigenvalue weighted by molar-refractivity contribution is 0.0666. The summed E-state index contributed by atoms with van der Waals surface area (Å²) in [4.78, 5) is 15.1. The van der Waals surface area contributed by atoms with Crippen molar-refractivity contribution in [3.05, 3.63) is 17.5 Å². The molecule has 2 heterocycles. The van der Waals surface area contributed by atoms with Gasteiger partial charge in [0.25, 0.3) is 6.43 Å². The molecule has 2 aromatic rings. The Morgan fingerprint density at radius 1 is 1.58 bits per heavy atom. The molecule has 0 aromatic carbocycles. The SMILES string of the molecule is Cc1nn(C)c2ncc(C(=O)O)c(OCC(F)F)c12. The zero-order valence-corrected chi connectivity index (χ0v) is 10.2. The third-order valence-electron chi connectivity index (χ3n) is 2.56. The predicted molar refractivity (Wildman–Crippen MR) is 61.7 cm³/mol. The summed E-state index contributed by atoms with van der Waals surface area (Å²) >= 11 is 0. The molecule has 0 radical (unpaired) electrons. The third-order valence-corrected chi connectivity index (χ3v) is 2.56. The van der Waals surface area contributed by atoms with E-state index in [-0.39, 0.29) is 11.3 Å². The van der Waals surface area contributed by atoms with Crippen LogP contribution in [0.15, 0.2) is 6.20 Å². The molecule has 0 fully saturated rings. The Kier molecular flexibility index (Phi) is 3.32. The summed E-state index contributed by atoms with van der Waals surface area (Å²) in [5.41, 5.74) is 0.591. The van der Waals surface area contributed by atoms with Crippen LogP contribution in [0.25, 0.3) is 11.0 Å². The highest BCUT2D eigenvalue weighted by molar-refractivity contribution is 5.98. The summed E-state index contributed by atoms with van der Waals surface area (Å²) in [7, 11) is 1.62. The first kappa shape index (κ1) is 13.2. The first-order valence-corrected chi connectivity index (χ1v) is 5.38. The summed E-state index contributed by atoms with van der Waals surface area (Å²) in [5.74, 6) is -1.41. The standard InChI is InChI=1S/C11H11F2N3O3/c1-5-8-9(19-4-7(12)13)6(11(17)18)3-14-10(8)16(2)15-5/h3,7H,4H2,1-2H3,(H,17,18). The second-order valence-electron chi connectivity index (χ2n) is 3.92. The number of ether oxygens (including phenoxy) is 1. The van der Waals surface area contributed by atoms with Crippen LogP contribution in [0.3, 0.4) is 0 Å². The van der Waals surface area contributed by atoms with E-state index in [9.17, 15) is 13.6 Å². The van der Waals surface area contributed by atoms with Crippen LogP contribution >= 0.6 is 0 Å². The largest absolute Gasteiger partial charge is 0.486 e. The van der Waals surface area contributed by atoms with E-state index in [1.54, 1.807) is 14.0 Å². The fraction of sp³-hybridized carbons (Fsp3) is 0.364. The fourth-order valence-corrected chi connectivity index (χ4v) is 1.83. The zero-order valence-electron chi connectivity index (χ0n) is 10.2. The van der Waals surface area contributed by atoms with Crippen LogP contribution in [0, 0.1) is 6.92 Å². The number of pyridine rings is 1. The average molecular weight is 271 g/mol. The molecule has 0 saturated heterocycles. The highest BCUT2D eigenvalue weighted by Crippen LogP contribution is 2.31. The maximum atomic E-state index is 12.3. The quantitative estimate of drug-likeness (QED) is 0.914. The van der Waals surface area contributed by atoms with Crippen LogP contribution in [-0.4, -0.2) is 38.9 Å². The minimum atomic E-state index is -2.69. The van der Waals surface area contributed by atoms with Gasteiger partial charge in [-0.15, -0.1) is 0 Å². The van der Waals surface area contributed by atoms with Crippen molar-refractivity contribution in [3.63, 3.8) is 0 Å². The van der Waals surface area contributed by atoms with Gasteiger partial charge < -0.3 is 9.84 Å². The molecule has 1 N–H and O–H groups in total. The number of alkyl halides is 2. The van der Waals surface area contributed by atoms with Gasteiger partial charge in [0.05, 0.1) is 11.1 Å². The number of carboxylic acid groups (broad SMARTS) is 1. The topological polar surface area (TPSA) is 77.2 Å². The Morgan fingerprint density at radius 2 is 2.26 bits per heavy atom. The predicted octanol–water partition coefficient (Wildman–Crippen LogP) is 1.62. The van der Waals surface area contributed by atoms with E-state index in [4.69, 9.17) is 9.84 Å². The fourth-order valence-electron chi connectivity index (χ4n) is 1.83. The van der Waals surface area contributed by atoms with Crippen LogP contribution in [0.5, 0.6) is 5.75 Å². The number of halogens is 2. The number of hydrogen-bond donors (Lipinski definition) is 1. The number of aromatic carboxylic acids is 1. The molecule has 0 aliphatic carbocycles. The van der Waals surface area contributed by atoms with Crippen molar-refractivity contribution >= 4 is 17.0 Å². The summed E-state index contributed by atoms with van der Waals surface area (Å²) in [6.45, 7) is 0.749. The van der Waals surface area contributed by atoms with Crippen LogP contribution in [-0.2, 0) is 7.05 Å². The Morgan fingerprint density at radius 3 is 2.84 bits per heavy atom. The van der Waals surface area contributed by atoms with Crippen molar-refractivity contribution in [2.75, 3.05) is 6.61 Å². The Hall–Kier alpha value is -2.25. The van der Waals surface area contributed by atoms with E-state index in [1.165, 1.54) is 4.68 Å². The van der Waals surface area contributed by atoms with E-state index in [0.29, 0.717) is 16.7 Å². The van der Waals surface area contributed by atoms with Crippen molar-refractivity contribution in [1.29, 1.82) is 0 Å². The van der Waals surface area contributed by atoms with Gasteiger partial charge in [-0.1, -0.05) is 0 Å². The molecule has 0 aliphatic rings. The van der Waals surface area contributed by atoms with E-state index < -0.39 is 19.0 Å². The van der Waals surface area contributed by atoms with Crippen LogP contribution in [0.4, 0.5) is 8.78 Å². The van der Waals surface area contributed by atoms with Gasteiger partial charge in [-0.25, -0.2) is 18.6 Å². The monoisotopic (exact) mass is 271 g/mol. The molecule has 0 saturated carbocycles. The van der Waals surface area contributed by atoms with Gasteiger partial charge in [0.15, 0.2) is 5.65 Å². The molecule has 6 nitrogen and oxygen atoms in total. The van der Waals surface area contributed by atoms with E-state index in [1.807, 2.05) is 0 Å². The number of carboxylic acids is 1. The van der Waals surface area contributed by atoms with E-state index in [0.717, 1.165) is 6.20 Å². The molecule has 0 aliphatic heterocycles. The van der Waals surface area contributed by atoms with Crippen molar-refractivity contribution in [2.24, 2.45) is 7.05 Å². The number of fused-ring (bicyclic) bond motifs is 1. The minimum Gasteiger partial charge on any atom is -0.486 e. The van der Waals surface area contributed by atoms with Gasteiger partial charge >= 0.3 is 5.97 Å². The minimum absolute atomic E-state index is 0.122.